The minimum absolute atomic E-state index is 0.151. The van der Waals surface area contributed by atoms with Gasteiger partial charge in [-0.25, -0.2) is 5.01 Å². The van der Waals surface area contributed by atoms with Crippen LogP contribution >= 0.6 is 11.8 Å². The Morgan fingerprint density at radius 3 is 2.69 bits per heavy atom. The van der Waals surface area contributed by atoms with E-state index in [-0.39, 0.29) is 5.91 Å². The summed E-state index contributed by atoms with van der Waals surface area (Å²) in [6.07, 6.45) is 4.19. The summed E-state index contributed by atoms with van der Waals surface area (Å²) >= 11 is 1.59. The van der Waals surface area contributed by atoms with Crippen LogP contribution in [0.25, 0.3) is 16.5 Å². The Hall–Kier alpha value is -3.32. The summed E-state index contributed by atoms with van der Waals surface area (Å²) in [6.45, 7) is 4.72. The highest BCUT2D eigenvalue weighted by Gasteiger charge is 2.36. The quantitative estimate of drug-likeness (QED) is 0.469. The zero-order chi connectivity index (χ0) is 24.2. The van der Waals surface area contributed by atoms with Crippen LogP contribution in [0, 0.1) is 0 Å². The minimum Gasteiger partial charge on any atom is -0.493 e. The summed E-state index contributed by atoms with van der Waals surface area (Å²) in [5.41, 5.74) is 1.44. The van der Waals surface area contributed by atoms with Gasteiger partial charge in [-0.3, -0.25) is 15.1 Å². The van der Waals surface area contributed by atoms with Crippen molar-refractivity contribution in [1.29, 1.82) is 0 Å². The molecule has 7 heteroatoms. The Balaban J connectivity index is 1.64. The molecule has 1 amide bonds. The highest BCUT2D eigenvalue weighted by molar-refractivity contribution is 8.13. The molecule has 6 nitrogen and oxygen atoms in total. The number of carbonyl (C=O) groups excluding carboxylic acids is 1. The van der Waals surface area contributed by atoms with Crippen molar-refractivity contribution in [3.63, 3.8) is 0 Å². The number of hydrogen-bond donors (Lipinski definition) is 1. The molecule has 35 heavy (non-hydrogen) atoms. The molecule has 1 atom stereocenters. The lowest BCUT2D eigenvalue weighted by Gasteiger charge is -2.35. The van der Waals surface area contributed by atoms with E-state index >= 15 is 0 Å². The van der Waals surface area contributed by atoms with Crippen molar-refractivity contribution >= 4 is 39.3 Å². The van der Waals surface area contributed by atoms with E-state index in [4.69, 9.17) is 14.8 Å². The van der Waals surface area contributed by atoms with Crippen LogP contribution in [0.15, 0.2) is 70.8 Å². The number of nitrogens with one attached hydrogen (secondary N) is 1. The molecule has 0 spiro atoms. The lowest BCUT2D eigenvalue weighted by atomic mass is 9.99. The van der Waals surface area contributed by atoms with Gasteiger partial charge in [-0.1, -0.05) is 86.5 Å². The predicted octanol–water partition coefficient (Wildman–Crippen LogP) is 4.70. The van der Waals surface area contributed by atoms with Crippen molar-refractivity contribution in [2.45, 2.75) is 45.7 Å². The molecule has 0 bridgehead atoms. The van der Waals surface area contributed by atoms with Crippen LogP contribution < -0.4 is 20.6 Å². The van der Waals surface area contributed by atoms with Crippen molar-refractivity contribution in [3.8, 4) is 5.75 Å². The van der Waals surface area contributed by atoms with E-state index in [9.17, 15) is 4.79 Å². The second-order valence-electron chi connectivity index (χ2n) is 8.61. The Morgan fingerprint density at radius 2 is 1.83 bits per heavy atom. The molecule has 2 aliphatic rings. The largest absolute Gasteiger partial charge is 0.493 e. The Labute approximate surface area is 209 Å². The van der Waals surface area contributed by atoms with Crippen LogP contribution in [0.2, 0.25) is 0 Å². The van der Waals surface area contributed by atoms with Crippen molar-refractivity contribution in [3.05, 3.63) is 76.8 Å². The molecule has 0 radical (unpaired) electrons. The molecule has 5 rings (SSSR count). The molecular weight excluding hydrogens is 456 g/mol. The summed E-state index contributed by atoms with van der Waals surface area (Å²) in [5, 5.41) is 14.1. The number of hydrazone groups is 1. The number of amidine groups is 1. The average molecular weight is 487 g/mol. The highest BCUT2D eigenvalue weighted by Crippen LogP contribution is 2.40. The van der Waals surface area contributed by atoms with Crippen LogP contribution in [-0.4, -0.2) is 28.4 Å². The van der Waals surface area contributed by atoms with E-state index in [0.717, 1.165) is 44.8 Å². The summed E-state index contributed by atoms with van der Waals surface area (Å²) in [5.74, 6) is 1.52. The zero-order valence-electron chi connectivity index (χ0n) is 20.2. The van der Waals surface area contributed by atoms with Crippen molar-refractivity contribution in [2.75, 3.05) is 12.4 Å². The molecule has 3 aromatic carbocycles. The van der Waals surface area contributed by atoms with Crippen LogP contribution in [0.4, 0.5) is 0 Å². The summed E-state index contributed by atoms with van der Waals surface area (Å²) in [7, 11) is 0. The van der Waals surface area contributed by atoms with Gasteiger partial charge in [0.1, 0.15) is 11.4 Å². The van der Waals surface area contributed by atoms with Gasteiger partial charge in [0, 0.05) is 16.5 Å². The SMILES string of the molecule is CCCCCCSC1=NN2C(=c3ccccc3=N[C@H]2c2c(OCC)ccc3ccccc23)C(=O)N1. The number of ether oxygens (including phenoxy) is 1. The smallest absolute Gasteiger partial charge is 0.276 e. The lowest BCUT2D eigenvalue weighted by molar-refractivity contribution is -0.116. The normalized spacial score (nSPS) is 16.8. The van der Waals surface area contributed by atoms with Gasteiger partial charge in [0.05, 0.1) is 12.0 Å². The fourth-order valence-corrected chi connectivity index (χ4v) is 5.45. The third-order valence-corrected chi connectivity index (χ3v) is 7.19. The highest BCUT2D eigenvalue weighted by atomic mass is 32.2. The van der Waals surface area contributed by atoms with Gasteiger partial charge < -0.3 is 4.74 Å². The van der Waals surface area contributed by atoms with E-state index < -0.39 is 6.17 Å². The number of amides is 1. The molecule has 0 unspecified atom stereocenters. The van der Waals surface area contributed by atoms with Gasteiger partial charge in [-0.2, -0.15) is 0 Å². The van der Waals surface area contributed by atoms with E-state index in [1.165, 1.54) is 19.3 Å². The molecule has 2 aliphatic heterocycles. The first kappa shape index (κ1) is 23.4. The zero-order valence-corrected chi connectivity index (χ0v) is 21.0. The van der Waals surface area contributed by atoms with Crippen molar-refractivity contribution < 1.29 is 9.53 Å². The maximum Gasteiger partial charge on any atom is 0.276 e. The van der Waals surface area contributed by atoms with E-state index in [1.54, 1.807) is 16.8 Å². The van der Waals surface area contributed by atoms with Crippen molar-refractivity contribution in [1.82, 2.24) is 10.3 Å². The number of nitrogens with zero attached hydrogens (tertiary/aromatic N) is 3. The molecule has 180 valence electrons. The van der Waals surface area contributed by atoms with Gasteiger partial charge >= 0.3 is 0 Å². The van der Waals surface area contributed by atoms with Gasteiger partial charge in [0.15, 0.2) is 11.3 Å². The minimum atomic E-state index is -0.519. The Morgan fingerprint density at radius 1 is 1.00 bits per heavy atom. The van der Waals surface area contributed by atoms with E-state index in [0.29, 0.717) is 17.5 Å². The standard InChI is InChI=1S/C28H30N4O2S/c1-3-5-6-11-18-35-28-30-27(33)25-21-14-9-10-15-22(21)29-26(32(25)31-28)24-20-13-8-7-12-19(20)16-17-23(24)34-4-2/h7-10,12-17,26H,3-6,11,18H2,1-2H3,(H,30,31,33)/t26-/m1/s1. The molecule has 0 aromatic heterocycles. The van der Waals surface area contributed by atoms with Crippen LogP contribution in [0.5, 0.6) is 5.75 Å². The molecular formula is C28H30N4O2S. The molecule has 0 saturated carbocycles. The van der Waals surface area contributed by atoms with Gasteiger partial charge in [0.2, 0.25) is 0 Å². The molecule has 1 N–H and O–H groups in total. The molecule has 0 aliphatic carbocycles. The number of unbranched alkanes of at least 4 members (excludes halogenated alkanes) is 3. The fourth-order valence-electron chi connectivity index (χ4n) is 4.60. The number of benzene rings is 3. The summed E-state index contributed by atoms with van der Waals surface area (Å²) in [6, 6.07) is 20.0. The van der Waals surface area contributed by atoms with E-state index in [2.05, 4.69) is 30.4 Å². The monoisotopic (exact) mass is 486 g/mol. The third kappa shape index (κ3) is 4.65. The number of fused-ring (bicyclic) bond motifs is 3. The summed E-state index contributed by atoms with van der Waals surface area (Å²) in [4.78, 5) is 18.5. The second-order valence-corrected chi connectivity index (χ2v) is 9.70. The second kappa shape index (κ2) is 10.5. The number of hydrogen-bond acceptors (Lipinski definition) is 6. The molecule has 3 aromatic rings. The van der Waals surface area contributed by atoms with Crippen molar-refractivity contribution in [2.24, 2.45) is 10.1 Å². The average Bonchev–Trinajstić information content (AvgIpc) is 2.88. The summed E-state index contributed by atoms with van der Waals surface area (Å²) < 4.78 is 6.07. The molecule has 0 saturated heterocycles. The molecule has 0 fully saturated rings. The van der Waals surface area contributed by atoms with Gasteiger partial charge in [0.25, 0.3) is 5.91 Å². The third-order valence-electron chi connectivity index (χ3n) is 6.24. The number of carbonyl (C=O) groups is 1. The first-order valence-electron chi connectivity index (χ1n) is 12.3. The van der Waals surface area contributed by atoms with Crippen LogP contribution in [-0.2, 0) is 4.79 Å². The predicted molar refractivity (Wildman–Crippen MR) is 143 cm³/mol. The van der Waals surface area contributed by atoms with E-state index in [1.807, 2.05) is 49.4 Å². The Bertz CT molecular complexity index is 1400. The fraction of sp³-hybridized carbons (Fsp3) is 0.321. The first-order valence-corrected chi connectivity index (χ1v) is 13.3. The maximum absolute atomic E-state index is 13.4. The maximum atomic E-state index is 13.4. The van der Waals surface area contributed by atoms with Gasteiger partial charge in [-0.05, 0) is 36.2 Å². The first-order chi connectivity index (χ1) is 17.2. The topological polar surface area (TPSA) is 66.3 Å². The molecule has 2 heterocycles. The Kier molecular flexibility index (Phi) is 7.04. The van der Waals surface area contributed by atoms with Crippen LogP contribution in [0.1, 0.15) is 51.3 Å². The number of thioether (sulfide) groups is 1. The number of para-hydroxylation sites is 1. The van der Waals surface area contributed by atoms with Crippen LogP contribution in [0.3, 0.4) is 0 Å². The lowest BCUT2D eigenvalue weighted by Crippen LogP contribution is -2.50. The number of rotatable bonds is 8. The van der Waals surface area contributed by atoms with Gasteiger partial charge in [-0.15, -0.1) is 5.10 Å².